The van der Waals surface area contributed by atoms with Crippen molar-refractivity contribution in [1.29, 1.82) is 0 Å². The number of hydrogen-bond donors (Lipinski definition) is 2. The lowest BCUT2D eigenvalue weighted by atomic mass is 9.96. The highest BCUT2D eigenvalue weighted by atomic mass is 32.2. The summed E-state index contributed by atoms with van der Waals surface area (Å²) >= 11 is 0. The maximum Gasteiger partial charge on any atom is 0.222 e. The highest BCUT2D eigenvalue weighted by molar-refractivity contribution is 7.92. The first-order valence-corrected chi connectivity index (χ1v) is 9.63. The van der Waals surface area contributed by atoms with Crippen molar-refractivity contribution < 1.29 is 8.42 Å². The molecule has 1 aliphatic rings. The van der Waals surface area contributed by atoms with Crippen molar-refractivity contribution in [3.63, 3.8) is 0 Å². The van der Waals surface area contributed by atoms with Gasteiger partial charge in [0.05, 0.1) is 15.8 Å². The van der Waals surface area contributed by atoms with E-state index in [-0.39, 0.29) is 11.8 Å². The third-order valence-electron chi connectivity index (χ3n) is 4.77. The van der Waals surface area contributed by atoms with E-state index in [0.29, 0.717) is 29.7 Å². The van der Waals surface area contributed by atoms with Gasteiger partial charge in [-0.2, -0.15) is 4.98 Å². The minimum Gasteiger partial charge on any atom is -0.383 e. The largest absolute Gasteiger partial charge is 0.383 e. The second-order valence-electron chi connectivity index (χ2n) is 6.31. The van der Waals surface area contributed by atoms with Crippen LogP contribution in [0.3, 0.4) is 0 Å². The van der Waals surface area contributed by atoms with Gasteiger partial charge in [0.1, 0.15) is 5.82 Å². The molecule has 2 aromatic carbocycles. The van der Waals surface area contributed by atoms with Crippen molar-refractivity contribution in [2.75, 3.05) is 11.5 Å². The number of anilines is 2. The lowest BCUT2D eigenvalue weighted by Gasteiger charge is -2.25. The molecular formula is C18H18N4O2S. The smallest absolute Gasteiger partial charge is 0.222 e. The van der Waals surface area contributed by atoms with Crippen LogP contribution < -0.4 is 11.5 Å². The van der Waals surface area contributed by atoms with Crippen LogP contribution in [0.1, 0.15) is 17.7 Å². The SMILES string of the molecule is Nc1nc(N)c2c(n1)CC[C@H](S(=O)(=O)c1ccc3ccccc3c1)C2. The summed E-state index contributed by atoms with van der Waals surface area (Å²) in [5.74, 6) is 0.410. The molecule has 0 bridgehead atoms. The monoisotopic (exact) mass is 354 g/mol. The van der Waals surface area contributed by atoms with Gasteiger partial charge in [-0.3, -0.25) is 0 Å². The summed E-state index contributed by atoms with van der Waals surface area (Å²) in [4.78, 5) is 8.51. The van der Waals surface area contributed by atoms with Gasteiger partial charge in [0.2, 0.25) is 5.95 Å². The number of rotatable bonds is 2. The molecule has 0 fully saturated rings. The van der Waals surface area contributed by atoms with Crippen LogP contribution in [0.15, 0.2) is 47.4 Å². The fourth-order valence-electron chi connectivity index (χ4n) is 3.43. The molecule has 1 atom stereocenters. The zero-order valence-corrected chi connectivity index (χ0v) is 14.3. The van der Waals surface area contributed by atoms with E-state index in [2.05, 4.69) is 9.97 Å². The Balaban J connectivity index is 1.72. The molecule has 1 aliphatic carbocycles. The molecule has 1 heterocycles. The van der Waals surface area contributed by atoms with E-state index < -0.39 is 15.1 Å². The number of aromatic nitrogens is 2. The molecule has 0 saturated heterocycles. The molecule has 7 heteroatoms. The molecule has 0 amide bonds. The van der Waals surface area contributed by atoms with Gasteiger partial charge in [0, 0.05) is 5.56 Å². The highest BCUT2D eigenvalue weighted by Crippen LogP contribution is 2.32. The van der Waals surface area contributed by atoms with Crippen LogP contribution in [0, 0.1) is 0 Å². The molecule has 4 N–H and O–H groups in total. The average Bonchev–Trinajstić information content (AvgIpc) is 2.60. The zero-order valence-electron chi connectivity index (χ0n) is 13.5. The second kappa shape index (κ2) is 5.70. The number of nitrogen functional groups attached to an aromatic ring is 2. The Hall–Kier alpha value is -2.67. The lowest BCUT2D eigenvalue weighted by Crippen LogP contribution is -2.30. The Bertz CT molecular complexity index is 1080. The molecule has 4 rings (SSSR count). The molecule has 128 valence electrons. The van der Waals surface area contributed by atoms with Crippen molar-refractivity contribution in [1.82, 2.24) is 9.97 Å². The van der Waals surface area contributed by atoms with E-state index in [1.54, 1.807) is 12.1 Å². The van der Waals surface area contributed by atoms with Gasteiger partial charge in [0.15, 0.2) is 9.84 Å². The molecule has 0 saturated carbocycles. The number of aryl methyl sites for hydroxylation is 1. The molecule has 3 aromatic rings. The van der Waals surface area contributed by atoms with E-state index in [1.807, 2.05) is 30.3 Å². The molecule has 1 aromatic heterocycles. The molecular weight excluding hydrogens is 336 g/mol. The summed E-state index contributed by atoms with van der Waals surface area (Å²) < 4.78 is 26.2. The van der Waals surface area contributed by atoms with Gasteiger partial charge < -0.3 is 11.5 Å². The first kappa shape index (κ1) is 15.8. The zero-order chi connectivity index (χ0) is 17.6. The number of fused-ring (bicyclic) bond motifs is 2. The second-order valence-corrected chi connectivity index (χ2v) is 8.54. The predicted molar refractivity (Wildman–Crippen MR) is 97.8 cm³/mol. The molecule has 0 aliphatic heterocycles. The summed E-state index contributed by atoms with van der Waals surface area (Å²) in [6.45, 7) is 0. The number of benzene rings is 2. The van der Waals surface area contributed by atoms with E-state index in [1.165, 1.54) is 0 Å². The first-order chi connectivity index (χ1) is 11.9. The Morgan fingerprint density at radius 1 is 1.00 bits per heavy atom. The summed E-state index contributed by atoms with van der Waals surface area (Å²) in [5, 5.41) is 1.40. The first-order valence-electron chi connectivity index (χ1n) is 8.08. The third-order valence-corrected chi connectivity index (χ3v) is 6.96. The van der Waals surface area contributed by atoms with Crippen molar-refractivity contribution in [3.05, 3.63) is 53.7 Å². The van der Waals surface area contributed by atoms with Crippen LogP contribution in [0.5, 0.6) is 0 Å². The Labute approximate surface area is 145 Å². The molecule has 25 heavy (non-hydrogen) atoms. The minimum absolute atomic E-state index is 0.132. The Kier molecular flexibility index (Phi) is 3.61. The number of hydrogen-bond acceptors (Lipinski definition) is 6. The molecule has 0 spiro atoms. The van der Waals surface area contributed by atoms with Crippen molar-refractivity contribution in [2.45, 2.75) is 29.4 Å². The van der Waals surface area contributed by atoms with Gasteiger partial charge >= 0.3 is 0 Å². The van der Waals surface area contributed by atoms with E-state index in [4.69, 9.17) is 11.5 Å². The van der Waals surface area contributed by atoms with Gasteiger partial charge in [-0.05, 0) is 42.2 Å². The number of nitrogens with two attached hydrogens (primary N) is 2. The fraction of sp³-hybridized carbons (Fsp3) is 0.222. The van der Waals surface area contributed by atoms with Crippen molar-refractivity contribution >= 4 is 32.4 Å². The van der Waals surface area contributed by atoms with Crippen LogP contribution in [-0.2, 0) is 22.7 Å². The minimum atomic E-state index is -3.47. The average molecular weight is 354 g/mol. The number of nitrogens with zero attached hydrogens (tertiary/aromatic N) is 2. The standard InChI is InChI=1S/C18H18N4O2S/c19-17-15-10-14(7-8-16(15)21-18(20)22-17)25(23,24)13-6-5-11-3-1-2-4-12(11)9-13/h1-6,9,14H,7-8,10H2,(H4,19,20,21,22)/t14-/m0/s1. The number of sulfone groups is 1. The summed E-state index contributed by atoms with van der Waals surface area (Å²) in [6.07, 6.45) is 1.35. The molecule has 0 radical (unpaired) electrons. The van der Waals surface area contributed by atoms with Crippen molar-refractivity contribution in [2.24, 2.45) is 0 Å². The predicted octanol–water partition coefficient (Wildman–Crippen LogP) is 2.13. The Morgan fingerprint density at radius 3 is 2.56 bits per heavy atom. The Morgan fingerprint density at radius 2 is 1.76 bits per heavy atom. The van der Waals surface area contributed by atoms with Gasteiger partial charge in [-0.15, -0.1) is 0 Å². The normalized spacial score (nSPS) is 17.4. The van der Waals surface area contributed by atoms with Gasteiger partial charge in [-0.25, -0.2) is 13.4 Å². The third kappa shape index (κ3) is 2.70. The van der Waals surface area contributed by atoms with Crippen LogP contribution in [-0.4, -0.2) is 23.6 Å². The molecule has 6 nitrogen and oxygen atoms in total. The highest BCUT2D eigenvalue weighted by Gasteiger charge is 2.33. The quantitative estimate of drug-likeness (QED) is 0.729. The van der Waals surface area contributed by atoms with Crippen LogP contribution >= 0.6 is 0 Å². The molecule has 0 unspecified atom stereocenters. The van der Waals surface area contributed by atoms with Crippen LogP contribution in [0.4, 0.5) is 11.8 Å². The maximum atomic E-state index is 13.1. The summed E-state index contributed by atoms with van der Waals surface area (Å²) in [7, 11) is -3.47. The van der Waals surface area contributed by atoms with E-state index in [0.717, 1.165) is 16.5 Å². The van der Waals surface area contributed by atoms with E-state index in [9.17, 15) is 8.42 Å². The van der Waals surface area contributed by atoms with E-state index >= 15 is 0 Å². The van der Waals surface area contributed by atoms with Gasteiger partial charge in [0.25, 0.3) is 0 Å². The summed E-state index contributed by atoms with van der Waals surface area (Å²) in [5.41, 5.74) is 13.0. The maximum absolute atomic E-state index is 13.1. The van der Waals surface area contributed by atoms with Crippen molar-refractivity contribution in [3.8, 4) is 0 Å². The van der Waals surface area contributed by atoms with Gasteiger partial charge in [-0.1, -0.05) is 30.3 Å². The summed E-state index contributed by atoms with van der Waals surface area (Å²) in [6, 6.07) is 13.0. The van der Waals surface area contributed by atoms with Crippen LogP contribution in [0.2, 0.25) is 0 Å². The topological polar surface area (TPSA) is 112 Å². The lowest BCUT2D eigenvalue weighted by molar-refractivity contribution is 0.559. The van der Waals surface area contributed by atoms with Crippen LogP contribution in [0.25, 0.3) is 10.8 Å². The fourth-order valence-corrected chi connectivity index (χ4v) is 5.18.